The summed E-state index contributed by atoms with van der Waals surface area (Å²) in [5.74, 6) is 1.78. The Morgan fingerprint density at radius 1 is 1.08 bits per heavy atom. The van der Waals surface area contributed by atoms with Gasteiger partial charge in [-0.1, -0.05) is 12.8 Å². The summed E-state index contributed by atoms with van der Waals surface area (Å²) in [6.45, 7) is 7.71. The van der Waals surface area contributed by atoms with E-state index in [9.17, 15) is 0 Å². The molecular weight excluding hydrogens is 322 g/mol. The lowest BCUT2D eigenvalue weighted by Crippen LogP contribution is -2.40. The Labute approximate surface area is 156 Å². The van der Waals surface area contributed by atoms with E-state index in [1.807, 2.05) is 6.92 Å². The second-order valence-electron chi connectivity index (χ2n) is 8.13. The molecular formula is C21H31N5. The van der Waals surface area contributed by atoms with Crippen molar-refractivity contribution in [3.63, 3.8) is 0 Å². The van der Waals surface area contributed by atoms with Crippen LogP contribution >= 0.6 is 0 Å². The minimum atomic E-state index is 0.796. The molecule has 0 amide bonds. The van der Waals surface area contributed by atoms with Crippen molar-refractivity contribution in [2.45, 2.75) is 64.8 Å². The van der Waals surface area contributed by atoms with Gasteiger partial charge in [-0.3, -0.25) is 0 Å². The van der Waals surface area contributed by atoms with Crippen molar-refractivity contribution < 1.29 is 0 Å². The van der Waals surface area contributed by atoms with Crippen LogP contribution in [0.3, 0.4) is 0 Å². The van der Waals surface area contributed by atoms with Gasteiger partial charge in [0.1, 0.15) is 12.1 Å². The highest BCUT2D eigenvalue weighted by molar-refractivity contribution is 5.89. The first-order valence-electron chi connectivity index (χ1n) is 10.3. The molecule has 5 heteroatoms. The van der Waals surface area contributed by atoms with Crippen LogP contribution in [0.5, 0.6) is 0 Å². The molecule has 2 aliphatic rings. The highest BCUT2D eigenvalue weighted by atomic mass is 15.2. The number of aromatic nitrogens is 3. The number of piperidine rings is 1. The van der Waals surface area contributed by atoms with Gasteiger partial charge in [0, 0.05) is 18.3 Å². The van der Waals surface area contributed by atoms with Crippen molar-refractivity contribution in [2.75, 3.05) is 25.0 Å². The molecule has 1 aliphatic heterocycles. The number of rotatable bonds is 5. The number of nitrogens with one attached hydrogen (secondary N) is 1. The van der Waals surface area contributed by atoms with Crippen LogP contribution in [0.1, 0.15) is 56.2 Å². The third-order valence-corrected chi connectivity index (χ3v) is 6.26. The number of anilines is 1. The van der Waals surface area contributed by atoms with E-state index in [1.54, 1.807) is 6.33 Å². The van der Waals surface area contributed by atoms with Gasteiger partial charge >= 0.3 is 0 Å². The second kappa shape index (κ2) is 7.87. The normalized spacial score (nSPS) is 20.1. The first-order chi connectivity index (χ1) is 12.7. The first-order valence-corrected chi connectivity index (χ1v) is 10.3. The molecule has 0 atom stereocenters. The van der Waals surface area contributed by atoms with Crippen molar-refractivity contribution in [1.82, 2.24) is 19.9 Å². The number of nitrogens with zero attached hydrogens (tertiary/aromatic N) is 4. The summed E-state index contributed by atoms with van der Waals surface area (Å²) in [6, 6.07) is 3.00. The van der Waals surface area contributed by atoms with Crippen molar-refractivity contribution >= 4 is 16.9 Å². The molecule has 0 aromatic carbocycles. The quantitative estimate of drug-likeness (QED) is 0.877. The van der Waals surface area contributed by atoms with Crippen molar-refractivity contribution in [3.05, 3.63) is 23.7 Å². The number of fused-ring (bicyclic) bond motifs is 1. The van der Waals surface area contributed by atoms with Gasteiger partial charge in [0.2, 0.25) is 0 Å². The Balaban J connectivity index is 1.31. The predicted octanol–water partition coefficient (Wildman–Crippen LogP) is 4.10. The zero-order valence-corrected chi connectivity index (χ0v) is 16.2. The first kappa shape index (κ1) is 17.7. The van der Waals surface area contributed by atoms with Gasteiger partial charge in [-0.15, -0.1) is 0 Å². The van der Waals surface area contributed by atoms with Crippen LogP contribution in [0.2, 0.25) is 0 Å². The fourth-order valence-electron chi connectivity index (χ4n) is 4.81. The van der Waals surface area contributed by atoms with E-state index in [1.165, 1.54) is 63.6 Å². The van der Waals surface area contributed by atoms with Gasteiger partial charge in [0.05, 0.1) is 5.39 Å². The lowest BCUT2D eigenvalue weighted by atomic mass is 9.92. The fraction of sp³-hybridized carbons (Fsp3) is 0.667. The molecule has 0 unspecified atom stereocenters. The molecule has 0 radical (unpaired) electrons. The average molecular weight is 354 g/mol. The number of hydrogen-bond acceptors (Lipinski definition) is 5. The number of hydrogen-bond donors (Lipinski definition) is 1. The van der Waals surface area contributed by atoms with E-state index in [4.69, 9.17) is 0 Å². The van der Waals surface area contributed by atoms with Gasteiger partial charge in [-0.2, -0.15) is 0 Å². The Bertz CT molecular complexity index is 745. The maximum atomic E-state index is 4.54. The smallest absolute Gasteiger partial charge is 0.165 e. The van der Waals surface area contributed by atoms with Crippen molar-refractivity contribution in [2.24, 2.45) is 5.92 Å². The van der Waals surface area contributed by atoms with Crippen molar-refractivity contribution in [3.8, 4) is 0 Å². The van der Waals surface area contributed by atoms with E-state index in [0.717, 1.165) is 41.0 Å². The van der Waals surface area contributed by atoms with E-state index in [-0.39, 0.29) is 0 Å². The molecule has 2 fully saturated rings. The SMILES string of the molecule is Cc1cc(C)c2c(NCCC3CCN(C4CCCC4)CC3)ncnc2n1. The number of aryl methyl sites for hydroxylation is 2. The van der Waals surface area contributed by atoms with E-state index >= 15 is 0 Å². The topological polar surface area (TPSA) is 53.9 Å². The molecule has 1 N–H and O–H groups in total. The van der Waals surface area contributed by atoms with Crippen LogP contribution in [-0.4, -0.2) is 45.5 Å². The summed E-state index contributed by atoms with van der Waals surface area (Å²) in [5, 5.41) is 4.62. The van der Waals surface area contributed by atoms with Gasteiger partial charge in [-0.05, 0) is 76.6 Å². The number of pyridine rings is 1. The molecule has 0 spiro atoms. The summed E-state index contributed by atoms with van der Waals surface area (Å²) in [7, 11) is 0. The molecule has 1 saturated heterocycles. The van der Waals surface area contributed by atoms with Gasteiger partial charge < -0.3 is 10.2 Å². The molecule has 0 bridgehead atoms. The Hall–Kier alpha value is -1.75. The minimum absolute atomic E-state index is 0.796. The van der Waals surface area contributed by atoms with E-state index < -0.39 is 0 Å². The molecule has 140 valence electrons. The van der Waals surface area contributed by atoms with Crippen LogP contribution in [0.25, 0.3) is 11.0 Å². The van der Waals surface area contributed by atoms with Crippen LogP contribution < -0.4 is 5.32 Å². The molecule has 3 heterocycles. The highest BCUT2D eigenvalue weighted by Gasteiger charge is 2.26. The molecule has 5 nitrogen and oxygen atoms in total. The lowest BCUT2D eigenvalue weighted by molar-refractivity contribution is 0.132. The van der Waals surface area contributed by atoms with Crippen LogP contribution in [-0.2, 0) is 0 Å². The average Bonchev–Trinajstić information content (AvgIpc) is 3.16. The summed E-state index contributed by atoms with van der Waals surface area (Å²) in [4.78, 5) is 16.1. The fourth-order valence-corrected chi connectivity index (χ4v) is 4.81. The van der Waals surface area contributed by atoms with Gasteiger partial charge in [-0.25, -0.2) is 15.0 Å². The molecule has 4 rings (SSSR count). The second-order valence-corrected chi connectivity index (χ2v) is 8.13. The van der Waals surface area contributed by atoms with Crippen molar-refractivity contribution in [1.29, 1.82) is 0 Å². The Morgan fingerprint density at radius 2 is 1.85 bits per heavy atom. The maximum absolute atomic E-state index is 4.54. The monoisotopic (exact) mass is 353 g/mol. The van der Waals surface area contributed by atoms with Crippen LogP contribution in [0.4, 0.5) is 5.82 Å². The Morgan fingerprint density at radius 3 is 2.62 bits per heavy atom. The predicted molar refractivity (Wildman–Crippen MR) is 106 cm³/mol. The zero-order chi connectivity index (χ0) is 17.9. The summed E-state index contributed by atoms with van der Waals surface area (Å²) in [5.41, 5.74) is 3.00. The standard InChI is InChI=1S/C21H31N5/c1-15-13-16(2)25-21-19(15)20(23-14-24-21)22-10-7-17-8-11-26(12-9-17)18-5-3-4-6-18/h13-14,17-18H,3-12H2,1-2H3,(H,22,23,24,25). The zero-order valence-electron chi connectivity index (χ0n) is 16.2. The largest absolute Gasteiger partial charge is 0.369 e. The van der Waals surface area contributed by atoms with Crippen LogP contribution in [0, 0.1) is 19.8 Å². The van der Waals surface area contributed by atoms with Gasteiger partial charge in [0.15, 0.2) is 5.65 Å². The van der Waals surface area contributed by atoms with E-state index in [0.29, 0.717) is 0 Å². The summed E-state index contributed by atoms with van der Waals surface area (Å²) >= 11 is 0. The van der Waals surface area contributed by atoms with E-state index in [2.05, 4.69) is 38.2 Å². The lowest BCUT2D eigenvalue weighted by Gasteiger charge is -2.36. The van der Waals surface area contributed by atoms with Gasteiger partial charge in [0.25, 0.3) is 0 Å². The molecule has 1 saturated carbocycles. The molecule has 2 aromatic rings. The molecule has 26 heavy (non-hydrogen) atoms. The third-order valence-electron chi connectivity index (χ3n) is 6.26. The maximum Gasteiger partial charge on any atom is 0.165 e. The number of likely N-dealkylation sites (tertiary alicyclic amines) is 1. The minimum Gasteiger partial charge on any atom is -0.369 e. The summed E-state index contributed by atoms with van der Waals surface area (Å²) < 4.78 is 0. The third kappa shape index (κ3) is 3.83. The van der Waals surface area contributed by atoms with Crippen LogP contribution in [0.15, 0.2) is 12.4 Å². The highest BCUT2D eigenvalue weighted by Crippen LogP contribution is 2.29. The molecule has 1 aliphatic carbocycles. The summed E-state index contributed by atoms with van der Waals surface area (Å²) in [6.07, 6.45) is 11.3. The molecule has 2 aromatic heterocycles. The Kier molecular flexibility index (Phi) is 5.34.